The van der Waals surface area contributed by atoms with Gasteiger partial charge < -0.3 is 6.42 Å². The van der Waals surface area contributed by atoms with Gasteiger partial charge in [0.15, 0.2) is 0 Å². The van der Waals surface area contributed by atoms with Crippen LogP contribution in [0.25, 0.3) is 0 Å². The van der Waals surface area contributed by atoms with E-state index in [-0.39, 0.29) is 0 Å². The van der Waals surface area contributed by atoms with Crippen molar-refractivity contribution in [1.29, 1.82) is 0 Å². The van der Waals surface area contributed by atoms with Crippen LogP contribution >= 0.6 is 0 Å². The first kappa shape index (κ1) is 32.2. The zero-order valence-electron chi connectivity index (χ0n) is 21.0. The molecule has 0 atom stereocenters. The van der Waals surface area contributed by atoms with Crippen LogP contribution in [-0.2, 0) is 0 Å². The van der Waals surface area contributed by atoms with Gasteiger partial charge in [-0.3, -0.25) is 5.92 Å². The van der Waals surface area contributed by atoms with E-state index in [2.05, 4.69) is 225 Å². The van der Waals surface area contributed by atoms with Crippen LogP contribution in [0.3, 0.4) is 0 Å². The molecule has 0 bridgehead atoms. The molecule has 0 aromatic carbocycles. The lowest BCUT2D eigenvalue weighted by Crippen LogP contribution is -1.57. The predicted octanol–water partition coefficient (Wildman–Crippen LogP) is 0.661. The molecule has 0 heterocycles. The monoisotopic (exact) mass is 495 g/mol. The Kier molecular flexibility index (Phi) is 24.5. The second kappa shape index (κ2) is 31.2. The first-order valence-electron chi connectivity index (χ1n) is 10.2. The summed E-state index contributed by atoms with van der Waals surface area (Å²) >= 11 is 0. The van der Waals surface area contributed by atoms with Gasteiger partial charge in [-0.15, -0.1) is 5.92 Å². The second-order valence-corrected chi connectivity index (χ2v) is 5.00. The highest BCUT2D eigenvalue weighted by Crippen LogP contribution is 1.61. The van der Waals surface area contributed by atoms with Crippen molar-refractivity contribution in [1.82, 2.24) is 0 Å². The zero-order chi connectivity index (χ0) is 29.6. The van der Waals surface area contributed by atoms with E-state index in [4.69, 9.17) is 6.42 Å². The summed E-state index contributed by atoms with van der Waals surface area (Å²) in [7, 11) is 0. The molecular formula is C41H3-. The summed E-state index contributed by atoms with van der Waals surface area (Å²) < 4.78 is 0. The smallest absolute Gasteiger partial charge is 0 e. The van der Waals surface area contributed by atoms with Crippen molar-refractivity contribution in [3.8, 4) is 231 Å². The molecule has 0 aliphatic rings. The second-order valence-electron chi connectivity index (χ2n) is 5.00. The maximum absolute atomic E-state index is 6.55. The van der Waals surface area contributed by atoms with E-state index in [1.807, 2.05) is 5.92 Å². The van der Waals surface area contributed by atoms with Crippen molar-refractivity contribution >= 4 is 0 Å². The molecule has 0 spiro atoms. The van der Waals surface area contributed by atoms with Gasteiger partial charge in [0.25, 0.3) is 0 Å². The molecule has 0 saturated carbocycles. The lowest BCUT2D eigenvalue weighted by atomic mass is 10.4. The Hall–Kier alpha value is -8.80. The molecule has 0 saturated heterocycles. The topological polar surface area (TPSA) is 0 Å². The SMILES string of the molecule is [C-]#CC#CC#CC#CC#CC#CC#CC#CC#CC#CC#CC#CC#CC#CC#CC#CC#CC#CC#CC#CC. The highest BCUT2D eigenvalue weighted by Gasteiger charge is 1.60. The van der Waals surface area contributed by atoms with Gasteiger partial charge in [-0.2, -0.15) is 0 Å². The Labute approximate surface area is 243 Å². The van der Waals surface area contributed by atoms with E-state index < -0.39 is 0 Å². The Balaban J connectivity index is 4.53. The Bertz CT molecular complexity index is 2360. The van der Waals surface area contributed by atoms with Crippen LogP contribution in [0.1, 0.15) is 6.92 Å². The van der Waals surface area contributed by atoms with E-state index in [0.29, 0.717) is 0 Å². The predicted molar refractivity (Wildman–Crippen MR) is 161 cm³/mol. The van der Waals surface area contributed by atoms with E-state index in [1.165, 1.54) is 0 Å². The van der Waals surface area contributed by atoms with Gasteiger partial charge in [0.05, 0.1) is 0 Å². The van der Waals surface area contributed by atoms with E-state index in [9.17, 15) is 0 Å². The molecule has 0 aliphatic heterocycles. The van der Waals surface area contributed by atoms with Crippen molar-refractivity contribution in [2.24, 2.45) is 0 Å². The Morgan fingerprint density at radius 1 is 0.195 bits per heavy atom. The lowest BCUT2D eigenvalue weighted by molar-refractivity contribution is 1.92. The molecule has 0 unspecified atom stereocenters. The molecular weight excluding hydrogens is 492 g/mol. The molecule has 0 heteroatoms. The number of hydrogen-bond donors (Lipinski definition) is 0. The molecule has 0 rings (SSSR count). The summed E-state index contributed by atoms with van der Waals surface area (Å²) in [5.41, 5.74) is 0. The summed E-state index contributed by atoms with van der Waals surface area (Å²) in [6.45, 7) is 1.69. The van der Waals surface area contributed by atoms with Crippen molar-refractivity contribution in [2.75, 3.05) is 0 Å². The van der Waals surface area contributed by atoms with Crippen molar-refractivity contribution < 1.29 is 0 Å². The fraction of sp³-hybridized carbons (Fsp3) is 0.0244. The highest BCUT2D eigenvalue weighted by atomic mass is 13.6. The van der Waals surface area contributed by atoms with Gasteiger partial charge in [-0.25, -0.2) is 5.92 Å². The van der Waals surface area contributed by atoms with Gasteiger partial charge in [0.2, 0.25) is 0 Å². The Morgan fingerprint density at radius 3 is 0.439 bits per heavy atom. The molecule has 0 radical (unpaired) electrons. The Morgan fingerprint density at radius 2 is 0.317 bits per heavy atom. The van der Waals surface area contributed by atoms with Gasteiger partial charge >= 0.3 is 0 Å². The van der Waals surface area contributed by atoms with Gasteiger partial charge in [-0.1, -0.05) is 5.92 Å². The molecule has 0 fully saturated rings. The normalized spacial score (nSPS) is 3.90. The summed E-state index contributed by atoms with van der Waals surface area (Å²) in [5, 5.41) is 0. The summed E-state index contributed by atoms with van der Waals surface area (Å²) in [6.07, 6.45) is 6.55. The average molecular weight is 495 g/mol. The fourth-order valence-electron chi connectivity index (χ4n) is 1.19. The van der Waals surface area contributed by atoms with Crippen LogP contribution in [0.15, 0.2) is 0 Å². The number of hydrogen-bond acceptors (Lipinski definition) is 0. The van der Waals surface area contributed by atoms with E-state index in [1.54, 1.807) is 6.92 Å². The fourth-order valence-corrected chi connectivity index (χ4v) is 1.19. The minimum Gasteiger partial charge on any atom is -0.358 e. The van der Waals surface area contributed by atoms with E-state index in [0.717, 1.165) is 0 Å². The molecule has 0 N–H and O–H groups in total. The van der Waals surface area contributed by atoms with Crippen LogP contribution in [0.4, 0.5) is 0 Å². The quantitative estimate of drug-likeness (QED) is 0.342. The van der Waals surface area contributed by atoms with Crippen LogP contribution < -0.4 is 0 Å². The molecule has 168 valence electrons. The first-order valence-corrected chi connectivity index (χ1v) is 10.2. The molecule has 0 aromatic rings. The van der Waals surface area contributed by atoms with E-state index >= 15 is 0 Å². The summed E-state index contributed by atoms with van der Waals surface area (Å²) in [4.78, 5) is 0. The third kappa shape index (κ3) is 31.2. The largest absolute Gasteiger partial charge is 0.358 e. The standard InChI is InChI=1S/C41H3/c1-3-5-7-9-11-13-15-17-19-21-23-25-27-29-31-33-35-37-39-41-40-38-36-34-32-30-28-26-24-22-20-18-16-14-12-10-8-6-4-2/h1H3/q-1. The maximum Gasteiger partial charge on any atom is 0 e. The molecule has 0 aliphatic carbocycles. The number of rotatable bonds is 0. The van der Waals surface area contributed by atoms with Gasteiger partial charge in [0, 0.05) is 112 Å². The van der Waals surface area contributed by atoms with Crippen LogP contribution in [0.5, 0.6) is 0 Å². The average Bonchev–Trinajstić information content (AvgIpc) is 2.98. The molecule has 0 aromatic heterocycles. The molecule has 0 amide bonds. The van der Waals surface area contributed by atoms with Crippen molar-refractivity contribution in [2.45, 2.75) is 6.92 Å². The minimum absolute atomic E-state index is 1.69. The molecule has 41 heavy (non-hydrogen) atoms. The third-order valence-electron chi connectivity index (χ3n) is 2.44. The van der Waals surface area contributed by atoms with Crippen LogP contribution in [0.2, 0.25) is 0 Å². The highest BCUT2D eigenvalue weighted by molar-refractivity contribution is 5.49. The van der Waals surface area contributed by atoms with Crippen molar-refractivity contribution in [3.05, 3.63) is 6.42 Å². The van der Waals surface area contributed by atoms with Crippen molar-refractivity contribution in [3.63, 3.8) is 0 Å². The van der Waals surface area contributed by atoms with Crippen LogP contribution in [-0.4, -0.2) is 0 Å². The van der Waals surface area contributed by atoms with Gasteiger partial charge in [-0.05, 0) is 102 Å². The maximum atomic E-state index is 6.55. The third-order valence-corrected chi connectivity index (χ3v) is 2.44. The van der Waals surface area contributed by atoms with Gasteiger partial charge in [0.1, 0.15) is 0 Å². The summed E-state index contributed by atoms with van der Waals surface area (Å²) in [5.74, 6) is 96.3. The first-order chi connectivity index (χ1) is 20.4. The minimum atomic E-state index is 1.69. The lowest BCUT2D eigenvalue weighted by Gasteiger charge is -1.63. The zero-order valence-corrected chi connectivity index (χ0v) is 21.0. The van der Waals surface area contributed by atoms with Crippen LogP contribution in [0, 0.1) is 237 Å². The summed E-state index contributed by atoms with van der Waals surface area (Å²) in [6, 6.07) is 0. The molecule has 0 nitrogen and oxygen atoms in total.